The Morgan fingerprint density at radius 3 is 2.53 bits per heavy atom. The number of likely N-dealkylation sites (tertiary alicyclic amines) is 1. The summed E-state index contributed by atoms with van der Waals surface area (Å²) >= 11 is 1.84. The summed E-state index contributed by atoms with van der Waals surface area (Å²) in [5.74, 6) is -2.47. The molecular formula is C20H30N4O7S. The number of quaternary nitrogens is 1. The number of carbonyl (C=O) groups is 5. The lowest BCUT2D eigenvalue weighted by atomic mass is 10.0. The Morgan fingerprint density at radius 2 is 1.84 bits per heavy atom. The van der Waals surface area contributed by atoms with Crippen LogP contribution in [0, 0.1) is 0 Å². The summed E-state index contributed by atoms with van der Waals surface area (Å²) in [5.41, 5.74) is 0. The summed E-state index contributed by atoms with van der Waals surface area (Å²) in [5, 5.41) is 30.7. The molecular weight excluding hydrogens is 440 g/mol. The fourth-order valence-electron chi connectivity index (χ4n) is 4.55. The summed E-state index contributed by atoms with van der Waals surface area (Å²) in [4.78, 5) is 58.5. The minimum atomic E-state index is -1.71. The van der Waals surface area contributed by atoms with Crippen molar-refractivity contribution in [2.45, 2.75) is 81.2 Å². The van der Waals surface area contributed by atoms with Crippen LogP contribution in [0.2, 0.25) is 0 Å². The largest absolute Gasteiger partial charge is 0.544 e. The fourth-order valence-corrected chi connectivity index (χ4v) is 6.10. The van der Waals surface area contributed by atoms with Crippen LogP contribution in [0.25, 0.3) is 0 Å². The third-order valence-corrected chi connectivity index (χ3v) is 7.85. The number of unbranched alkanes of at least 4 members (excludes halogenated alkanes) is 2. The molecule has 0 aromatic heterocycles. The van der Waals surface area contributed by atoms with E-state index in [0.717, 1.165) is 25.0 Å². The Labute approximate surface area is 190 Å². The van der Waals surface area contributed by atoms with Gasteiger partial charge in [0.25, 0.3) is 0 Å². The number of nitrogens with zero attached hydrogens (tertiary/aromatic N) is 1. The van der Waals surface area contributed by atoms with Gasteiger partial charge >= 0.3 is 17.8 Å². The second-order valence-electron chi connectivity index (χ2n) is 8.52. The maximum absolute atomic E-state index is 12.0. The molecule has 3 rings (SSSR count). The zero-order valence-corrected chi connectivity index (χ0v) is 18.7. The van der Waals surface area contributed by atoms with E-state index in [1.165, 1.54) is 0 Å². The third kappa shape index (κ3) is 5.41. The van der Waals surface area contributed by atoms with E-state index in [2.05, 4.69) is 16.0 Å². The highest BCUT2D eigenvalue weighted by Crippen LogP contribution is 2.33. The van der Waals surface area contributed by atoms with Crippen LogP contribution in [0.5, 0.6) is 0 Å². The first-order valence-electron chi connectivity index (χ1n) is 11.1. The van der Waals surface area contributed by atoms with Crippen LogP contribution in [0.4, 0.5) is 4.79 Å². The second kappa shape index (κ2) is 10.6. The van der Waals surface area contributed by atoms with Gasteiger partial charge < -0.3 is 25.9 Å². The normalized spacial score (nSPS) is 27.0. The molecule has 3 fully saturated rings. The molecule has 0 bridgehead atoms. The molecule has 0 aromatic carbocycles. The number of carboxylic acids is 1. The number of rotatable bonds is 12. The highest BCUT2D eigenvalue weighted by atomic mass is 32.2. The molecule has 4 atom stereocenters. The molecule has 0 spiro atoms. The van der Waals surface area contributed by atoms with Gasteiger partial charge in [-0.2, -0.15) is 11.8 Å². The molecule has 32 heavy (non-hydrogen) atoms. The summed E-state index contributed by atoms with van der Waals surface area (Å²) in [6.45, 7) is 0.339. The molecule has 1 unspecified atom stereocenters. The molecule has 11 nitrogen and oxygen atoms in total. The third-order valence-electron chi connectivity index (χ3n) is 6.34. The Morgan fingerprint density at radius 1 is 1.12 bits per heavy atom. The van der Waals surface area contributed by atoms with Gasteiger partial charge in [-0.25, -0.2) is 19.6 Å². The van der Waals surface area contributed by atoms with E-state index in [9.17, 15) is 34.3 Å². The van der Waals surface area contributed by atoms with Crippen LogP contribution in [-0.4, -0.2) is 75.2 Å². The SMILES string of the molecule is O=C(CCCC[C@@H]1SC[C@@H]2NC(=O)N[C@@H]21)NCCCCC(C(=O)[O-])[N+]1(O)C(=O)CCC1=O. The standard InChI is InChI=1S/C20H30N4O7S/c25-15(7-2-1-6-14-18-12(11-32-14)22-20(30)23-18)21-10-4-3-5-13(19(28)29)24(31)16(26)8-9-17(24)27/h12-14,18,31H,1-11H2,(H3-,21,22,23,25,28,29,30)/t12-,13?,14-,18-/m0/s1. The van der Waals surface area contributed by atoms with Crippen molar-refractivity contribution in [2.75, 3.05) is 12.3 Å². The predicted octanol–water partition coefficient (Wildman–Crippen LogP) is -0.830. The van der Waals surface area contributed by atoms with E-state index in [0.29, 0.717) is 31.1 Å². The molecule has 0 aromatic rings. The highest BCUT2D eigenvalue weighted by molar-refractivity contribution is 8.00. The maximum Gasteiger partial charge on any atom is 0.354 e. The quantitative estimate of drug-likeness (QED) is 0.0943. The van der Waals surface area contributed by atoms with Crippen LogP contribution in [0.1, 0.15) is 57.8 Å². The smallest absolute Gasteiger partial charge is 0.354 e. The van der Waals surface area contributed by atoms with Crippen LogP contribution < -0.4 is 21.1 Å². The zero-order chi connectivity index (χ0) is 23.3. The van der Waals surface area contributed by atoms with Crippen molar-refractivity contribution >= 4 is 41.5 Å². The summed E-state index contributed by atoms with van der Waals surface area (Å²) < 4.78 is -1.71. The average Bonchev–Trinajstić information content (AvgIpc) is 3.37. The minimum Gasteiger partial charge on any atom is -0.544 e. The Bertz CT molecular complexity index is 761. The van der Waals surface area contributed by atoms with Gasteiger partial charge in [0.15, 0.2) is 6.04 Å². The summed E-state index contributed by atoms with van der Waals surface area (Å²) in [6, 6.07) is -1.37. The molecule has 3 aliphatic rings. The average molecular weight is 471 g/mol. The molecule has 3 heterocycles. The van der Waals surface area contributed by atoms with Crippen LogP contribution >= 0.6 is 11.8 Å². The number of hydroxylamine groups is 3. The van der Waals surface area contributed by atoms with Crippen molar-refractivity contribution in [3.8, 4) is 0 Å². The van der Waals surface area contributed by atoms with Crippen molar-refractivity contribution in [1.82, 2.24) is 16.0 Å². The number of fused-ring (bicyclic) bond motifs is 1. The van der Waals surface area contributed by atoms with E-state index >= 15 is 0 Å². The number of nitrogens with one attached hydrogen (secondary N) is 3. The minimum absolute atomic E-state index is 0.0928. The monoisotopic (exact) mass is 470 g/mol. The van der Waals surface area contributed by atoms with Gasteiger partial charge in [0.2, 0.25) is 5.91 Å². The van der Waals surface area contributed by atoms with E-state index in [-0.39, 0.29) is 43.3 Å². The van der Waals surface area contributed by atoms with Crippen molar-refractivity contribution in [3.05, 3.63) is 0 Å². The van der Waals surface area contributed by atoms with Crippen molar-refractivity contribution in [2.24, 2.45) is 0 Å². The predicted molar refractivity (Wildman–Crippen MR) is 111 cm³/mol. The van der Waals surface area contributed by atoms with Gasteiger partial charge in [0, 0.05) is 30.4 Å². The number of aliphatic carboxylic acids is 1. The van der Waals surface area contributed by atoms with Crippen LogP contribution in [0.3, 0.4) is 0 Å². The number of hydrogen-bond donors (Lipinski definition) is 4. The van der Waals surface area contributed by atoms with Gasteiger partial charge in [-0.15, -0.1) is 0 Å². The number of urea groups is 1. The zero-order valence-electron chi connectivity index (χ0n) is 17.8. The van der Waals surface area contributed by atoms with E-state index in [1.54, 1.807) is 0 Å². The Balaban J connectivity index is 1.27. The van der Waals surface area contributed by atoms with Gasteiger partial charge in [0.1, 0.15) is 5.97 Å². The molecule has 12 heteroatoms. The van der Waals surface area contributed by atoms with Crippen LogP contribution in [-0.2, 0) is 19.2 Å². The number of amides is 5. The molecule has 4 N–H and O–H groups in total. The van der Waals surface area contributed by atoms with Crippen LogP contribution in [0.15, 0.2) is 0 Å². The Kier molecular flexibility index (Phi) is 8.12. The van der Waals surface area contributed by atoms with E-state index in [4.69, 9.17) is 0 Å². The van der Waals surface area contributed by atoms with Crippen molar-refractivity contribution < 1.29 is 38.9 Å². The lowest BCUT2D eigenvalue weighted by Gasteiger charge is -2.29. The second-order valence-corrected chi connectivity index (χ2v) is 9.79. The number of hydrogen-bond acceptors (Lipinski definition) is 8. The lowest BCUT2D eigenvalue weighted by Crippen LogP contribution is -2.62. The Hall–Kier alpha value is -2.18. The molecule has 178 valence electrons. The molecule has 0 saturated carbocycles. The van der Waals surface area contributed by atoms with Crippen molar-refractivity contribution in [3.63, 3.8) is 0 Å². The van der Waals surface area contributed by atoms with E-state index < -0.39 is 28.5 Å². The summed E-state index contributed by atoms with van der Waals surface area (Å²) in [6.07, 6.45) is 3.25. The first kappa shape index (κ1) is 24.5. The molecule has 0 aliphatic carbocycles. The van der Waals surface area contributed by atoms with Gasteiger partial charge in [-0.1, -0.05) is 11.1 Å². The van der Waals surface area contributed by atoms with Gasteiger partial charge in [-0.3, -0.25) is 4.79 Å². The number of imide groups is 1. The van der Waals surface area contributed by atoms with Gasteiger partial charge in [0.05, 0.1) is 24.9 Å². The van der Waals surface area contributed by atoms with Crippen molar-refractivity contribution in [1.29, 1.82) is 0 Å². The molecule has 5 amide bonds. The van der Waals surface area contributed by atoms with E-state index in [1.807, 2.05) is 11.8 Å². The first-order valence-corrected chi connectivity index (χ1v) is 12.1. The first-order chi connectivity index (χ1) is 15.2. The highest BCUT2D eigenvalue weighted by Gasteiger charge is 2.55. The fraction of sp³-hybridized carbons (Fsp3) is 0.750. The number of carboxylic acid groups (broad SMARTS) is 1. The number of carbonyl (C=O) groups excluding carboxylic acids is 5. The van der Waals surface area contributed by atoms with Gasteiger partial charge in [-0.05, 0) is 25.7 Å². The number of thioether (sulfide) groups is 1. The molecule has 3 aliphatic heterocycles. The molecule has 3 saturated heterocycles. The topological polar surface area (TPSA) is 165 Å². The molecule has 0 radical (unpaired) electrons. The lowest BCUT2D eigenvalue weighted by molar-refractivity contribution is -0.986. The maximum atomic E-state index is 12.0. The summed E-state index contributed by atoms with van der Waals surface area (Å²) in [7, 11) is 0.